The largest absolute Gasteiger partial charge is 0.368 e. The molecule has 0 amide bonds. The van der Waals surface area contributed by atoms with Gasteiger partial charge in [0.1, 0.15) is 0 Å². The van der Waals surface area contributed by atoms with Crippen molar-refractivity contribution in [1.29, 1.82) is 0 Å². The average molecular weight is 212 g/mol. The molecular formula is C9H13N2O2P. The molecule has 1 unspecified atom stereocenters. The average Bonchev–Trinajstić information content (AvgIpc) is 2.13. The second-order valence-corrected chi connectivity index (χ2v) is 4.64. The van der Waals surface area contributed by atoms with Gasteiger partial charge in [-0.05, 0) is 12.1 Å². The topological polar surface area (TPSA) is 66.6 Å². The maximum absolute atomic E-state index is 11.1. The molecule has 2 rings (SSSR count). The molecule has 4 nitrogen and oxygen atoms in total. The Labute approximate surface area is 83.2 Å². The van der Waals surface area contributed by atoms with Crippen molar-refractivity contribution in [3.8, 4) is 0 Å². The van der Waals surface area contributed by atoms with Crippen LogP contribution in [0.1, 0.15) is 0 Å². The van der Waals surface area contributed by atoms with Crippen LogP contribution in [0.25, 0.3) is 0 Å². The Morgan fingerprint density at radius 1 is 1.43 bits per heavy atom. The van der Waals surface area contributed by atoms with Crippen LogP contribution in [0.15, 0.2) is 24.3 Å². The van der Waals surface area contributed by atoms with Gasteiger partial charge in [-0.3, -0.25) is 4.57 Å². The Kier molecular flexibility index (Phi) is 2.59. The Balaban J connectivity index is 2.28. The Hall–Kier alpha value is -0.830. The minimum atomic E-state index is -2.61. The van der Waals surface area contributed by atoms with Crippen LogP contribution < -0.4 is 15.9 Å². The maximum Gasteiger partial charge on any atom is 0.220 e. The zero-order chi connectivity index (χ0) is 10.1. The first-order valence-corrected chi connectivity index (χ1v) is 5.87. The third-order valence-electron chi connectivity index (χ3n) is 2.38. The van der Waals surface area contributed by atoms with Gasteiger partial charge in [-0.25, -0.2) is 0 Å². The van der Waals surface area contributed by atoms with Crippen LogP contribution in [0.2, 0.25) is 0 Å². The quantitative estimate of drug-likeness (QED) is 0.673. The van der Waals surface area contributed by atoms with E-state index in [2.05, 4.69) is 0 Å². The molecule has 1 aliphatic heterocycles. The van der Waals surface area contributed by atoms with Crippen LogP contribution in [-0.2, 0) is 4.57 Å². The standard InChI is InChI=1S/C9H13N2O2P/c10-7-5-11(6-7)8-3-1-2-4-9(8)14(12)13/h1-4,7,14H,5-6,10H2,(H,12,13). The highest BCUT2D eigenvalue weighted by molar-refractivity contribution is 7.47. The summed E-state index contributed by atoms with van der Waals surface area (Å²) in [6.07, 6.45) is 0. The van der Waals surface area contributed by atoms with Crippen LogP contribution in [0, 0.1) is 0 Å². The minimum absolute atomic E-state index is 0.198. The van der Waals surface area contributed by atoms with Gasteiger partial charge in [0.15, 0.2) is 0 Å². The van der Waals surface area contributed by atoms with E-state index in [1.54, 1.807) is 12.1 Å². The second-order valence-electron chi connectivity index (χ2n) is 3.49. The van der Waals surface area contributed by atoms with Crippen LogP contribution in [0.3, 0.4) is 0 Å². The number of benzene rings is 1. The Bertz CT molecular complexity index is 364. The van der Waals surface area contributed by atoms with Gasteiger partial charge in [0.05, 0.1) is 5.30 Å². The fourth-order valence-electron chi connectivity index (χ4n) is 1.64. The fourth-order valence-corrected chi connectivity index (χ4v) is 2.34. The highest BCUT2D eigenvalue weighted by atomic mass is 31.1. The van der Waals surface area contributed by atoms with Gasteiger partial charge in [-0.2, -0.15) is 0 Å². The molecule has 1 fully saturated rings. The zero-order valence-corrected chi connectivity index (χ0v) is 8.68. The molecule has 1 saturated heterocycles. The van der Waals surface area contributed by atoms with E-state index in [1.165, 1.54) is 0 Å². The molecule has 14 heavy (non-hydrogen) atoms. The van der Waals surface area contributed by atoms with Crippen molar-refractivity contribution < 1.29 is 9.46 Å². The van der Waals surface area contributed by atoms with Crippen LogP contribution in [0.5, 0.6) is 0 Å². The molecule has 76 valence electrons. The summed E-state index contributed by atoms with van der Waals surface area (Å²) in [7, 11) is -2.61. The van der Waals surface area contributed by atoms with Crippen molar-refractivity contribution in [3.05, 3.63) is 24.3 Å². The van der Waals surface area contributed by atoms with Gasteiger partial charge >= 0.3 is 0 Å². The summed E-state index contributed by atoms with van der Waals surface area (Å²) >= 11 is 0. The highest BCUT2D eigenvalue weighted by Crippen LogP contribution is 2.25. The molecule has 0 bridgehead atoms. The first-order chi connectivity index (χ1) is 6.68. The number of rotatable bonds is 2. The predicted octanol–water partition coefficient (Wildman–Crippen LogP) is -0.0738. The molecule has 3 N–H and O–H groups in total. The molecular weight excluding hydrogens is 199 g/mol. The lowest BCUT2D eigenvalue weighted by molar-refractivity contribution is 0.509. The molecule has 0 aromatic heterocycles. The summed E-state index contributed by atoms with van der Waals surface area (Å²) in [5.41, 5.74) is 6.51. The Morgan fingerprint density at radius 3 is 2.64 bits per heavy atom. The van der Waals surface area contributed by atoms with Crippen molar-refractivity contribution in [1.82, 2.24) is 0 Å². The number of nitrogens with two attached hydrogens (primary N) is 1. The molecule has 1 aliphatic rings. The van der Waals surface area contributed by atoms with Gasteiger partial charge in [0, 0.05) is 24.8 Å². The highest BCUT2D eigenvalue weighted by Gasteiger charge is 2.25. The van der Waals surface area contributed by atoms with E-state index < -0.39 is 8.03 Å². The normalized spacial score (nSPS) is 19.1. The molecule has 1 atom stereocenters. The van der Waals surface area contributed by atoms with Gasteiger partial charge in [-0.15, -0.1) is 0 Å². The third-order valence-corrected chi connectivity index (χ3v) is 3.27. The lowest BCUT2D eigenvalue weighted by atomic mass is 10.1. The number of hydrogen-bond donors (Lipinski definition) is 2. The number of nitrogens with zero attached hydrogens (tertiary/aromatic N) is 1. The monoisotopic (exact) mass is 212 g/mol. The molecule has 0 aliphatic carbocycles. The maximum atomic E-state index is 11.1. The minimum Gasteiger partial charge on any atom is -0.368 e. The SMILES string of the molecule is NC1CN(c2ccccc2[PH](=O)O)C1. The summed E-state index contributed by atoms with van der Waals surface area (Å²) in [6.45, 7) is 1.54. The summed E-state index contributed by atoms with van der Waals surface area (Å²) in [5, 5.41) is 0.532. The van der Waals surface area contributed by atoms with Crippen LogP contribution in [0.4, 0.5) is 5.69 Å². The predicted molar refractivity (Wildman–Crippen MR) is 57.5 cm³/mol. The van der Waals surface area contributed by atoms with Crippen LogP contribution in [-0.4, -0.2) is 24.0 Å². The van der Waals surface area contributed by atoms with Crippen molar-refractivity contribution in [3.63, 3.8) is 0 Å². The fraction of sp³-hybridized carbons (Fsp3) is 0.333. The van der Waals surface area contributed by atoms with E-state index in [1.807, 2.05) is 17.0 Å². The van der Waals surface area contributed by atoms with Crippen molar-refractivity contribution in [2.24, 2.45) is 5.73 Å². The summed E-state index contributed by atoms with van der Waals surface area (Å²) in [4.78, 5) is 11.2. The molecule has 5 heteroatoms. The number of anilines is 1. The van der Waals surface area contributed by atoms with Crippen molar-refractivity contribution >= 4 is 19.0 Å². The second kappa shape index (κ2) is 3.73. The lowest BCUT2D eigenvalue weighted by Crippen LogP contribution is -2.56. The summed E-state index contributed by atoms with van der Waals surface area (Å²) in [5.74, 6) is 0. The smallest absolute Gasteiger partial charge is 0.220 e. The number of hydrogen-bond acceptors (Lipinski definition) is 3. The third kappa shape index (κ3) is 1.69. The summed E-state index contributed by atoms with van der Waals surface area (Å²) in [6, 6.07) is 7.40. The van der Waals surface area contributed by atoms with E-state index >= 15 is 0 Å². The molecule has 0 spiro atoms. The Morgan fingerprint density at radius 2 is 2.07 bits per heavy atom. The summed E-state index contributed by atoms with van der Waals surface area (Å²) < 4.78 is 11.1. The van der Waals surface area contributed by atoms with Crippen LogP contribution >= 0.6 is 8.03 Å². The lowest BCUT2D eigenvalue weighted by Gasteiger charge is -2.39. The van der Waals surface area contributed by atoms with E-state index in [4.69, 9.17) is 10.6 Å². The van der Waals surface area contributed by atoms with Gasteiger partial charge < -0.3 is 15.5 Å². The van der Waals surface area contributed by atoms with Gasteiger partial charge in [0.25, 0.3) is 0 Å². The number of para-hydroxylation sites is 1. The zero-order valence-electron chi connectivity index (χ0n) is 7.68. The van der Waals surface area contributed by atoms with E-state index in [-0.39, 0.29) is 6.04 Å². The van der Waals surface area contributed by atoms with Gasteiger partial charge in [0.2, 0.25) is 8.03 Å². The first-order valence-electron chi connectivity index (χ1n) is 4.51. The van der Waals surface area contributed by atoms with Gasteiger partial charge in [-0.1, -0.05) is 12.1 Å². The molecule has 1 heterocycles. The van der Waals surface area contributed by atoms with Crippen molar-refractivity contribution in [2.45, 2.75) is 6.04 Å². The molecule has 0 radical (unpaired) electrons. The molecule has 1 aromatic carbocycles. The van der Waals surface area contributed by atoms with E-state index in [9.17, 15) is 4.57 Å². The van der Waals surface area contributed by atoms with Crippen molar-refractivity contribution in [2.75, 3.05) is 18.0 Å². The molecule has 0 saturated carbocycles. The molecule has 1 aromatic rings. The van der Waals surface area contributed by atoms with E-state index in [0.29, 0.717) is 5.30 Å². The van der Waals surface area contributed by atoms with E-state index in [0.717, 1.165) is 18.8 Å². The first kappa shape index (κ1) is 9.71.